The van der Waals surface area contributed by atoms with E-state index in [1.165, 1.54) is 29.8 Å². The second-order valence-electron chi connectivity index (χ2n) is 6.28. The maximum absolute atomic E-state index is 13.3. The number of hydrogen-bond donors (Lipinski definition) is 2. The van der Waals surface area contributed by atoms with Crippen molar-refractivity contribution in [2.24, 2.45) is 5.92 Å². The molecule has 4 rings (SSSR count). The van der Waals surface area contributed by atoms with Gasteiger partial charge in [0.15, 0.2) is 0 Å². The van der Waals surface area contributed by atoms with Gasteiger partial charge in [-0.2, -0.15) is 0 Å². The quantitative estimate of drug-likeness (QED) is 0.629. The second-order valence-corrected chi connectivity index (χ2v) is 7.71. The van der Waals surface area contributed by atoms with E-state index in [1.54, 1.807) is 6.07 Å². The molecule has 1 aromatic carbocycles. The zero-order valence-electron chi connectivity index (χ0n) is 13.8. The average Bonchev–Trinajstić information content (AvgIpc) is 3.28. The molecule has 0 unspecified atom stereocenters. The van der Waals surface area contributed by atoms with E-state index in [0.29, 0.717) is 11.5 Å². The Bertz CT molecular complexity index is 971. The largest absolute Gasteiger partial charge is 0.340 e. The van der Waals surface area contributed by atoms with Crippen molar-refractivity contribution in [1.82, 2.24) is 9.97 Å². The Morgan fingerprint density at radius 3 is 2.81 bits per heavy atom. The van der Waals surface area contributed by atoms with Crippen LogP contribution in [-0.2, 0) is 4.79 Å². The predicted molar refractivity (Wildman–Crippen MR) is 103 cm³/mol. The summed E-state index contributed by atoms with van der Waals surface area (Å²) < 4.78 is 13.3. The molecule has 0 bridgehead atoms. The Morgan fingerprint density at radius 2 is 2.04 bits per heavy atom. The van der Waals surface area contributed by atoms with Crippen LogP contribution in [-0.4, -0.2) is 15.9 Å². The van der Waals surface area contributed by atoms with Gasteiger partial charge in [-0.25, -0.2) is 14.4 Å². The fraction of sp³-hybridized carbons (Fsp3) is 0.278. The molecule has 1 amide bonds. The predicted octanol–water partition coefficient (Wildman–Crippen LogP) is 5.36. The van der Waals surface area contributed by atoms with Crippen LogP contribution >= 0.6 is 22.9 Å². The van der Waals surface area contributed by atoms with Crippen LogP contribution < -0.4 is 10.6 Å². The van der Waals surface area contributed by atoms with E-state index in [1.807, 2.05) is 6.07 Å². The van der Waals surface area contributed by atoms with Gasteiger partial charge in [-0.15, -0.1) is 0 Å². The molecule has 2 heterocycles. The number of halogens is 2. The third-order valence-corrected chi connectivity index (χ3v) is 5.73. The number of fused-ring (bicyclic) bond motifs is 1. The maximum atomic E-state index is 13.3. The van der Waals surface area contributed by atoms with Crippen LogP contribution in [0.3, 0.4) is 0 Å². The van der Waals surface area contributed by atoms with Crippen molar-refractivity contribution in [3.8, 4) is 0 Å². The zero-order chi connectivity index (χ0) is 18.1. The number of anilines is 3. The third-order valence-electron chi connectivity index (χ3n) is 4.48. The third kappa shape index (κ3) is 3.50. The van der Waals surface area contributed by atoms with Crippen molar-refractivity contribution in [3.63, 3.8) is 0 Å². The topological polar surface area (TPSA) is 66.9 Å². The van der Waals surface area contributed by atoms with Crippen LogP contribution in [0.4, 0.5) is 20.9 Å². The Balaban J connectivity index is 1.58. The first-order valence-electron chi connectivity index (χ1n) is 8.37. The van der Waals surface area contributed by atoms with Crippen LogP contribution in [0, 0.1) is 11.7 Å². The van der Waals surface area contributed by atoms with Crippen LogP contribution in [0.25, 0.3) is 10.2 Å². The summed E-state index contributed by atoms with van der Waals surface area (Å²) in [6.45, 7) is 0. The van der Waals surface area contributed by atoms with Gasteiger partial charge < -0.3 is 10.6 Å². The number of amides is 1. The highest BCUT2D eigenvalue weighted by molar-refractivity contribution is 7.22. The number of nitrogens with zero attached hydrogens (tertiary/aromatic N) is 2. The molecule has 134 valence electrons. The van der Waals surface area contributed by atoms with Gasteiger partial charge in [0, 0.05) is 11.6 Å². The normalized spacial score (nSPS) is 14.7. The smallest absolute Gasteiger partial charge is 0.228 e. The summed E-state index contributed by atoms with van der Waals surface area (Å²) in [6, 6.07) is 6.24. The Kier molecular flexibility index (Phi) is 4.74. The van der Waals surface area contributed by atoms with Gasteiger partial charge >= 0.3 is 0 Å². The summed E-state index contributed by atoms with van der Waals surface area (Å²) in [6.07, 6.45) is 5.59. The summed E-state index contributed by atoms with van der Waals surface area (Å²) >= 11 is 7.23. The molecule has 2 aromatic heterocycles. The van der Waals surface area contributed by atoms with Gasteiger partial charge in [-0.05, 0) is 37.1 Å². The molecule has 26 heavy (non-hydrogen) atoms. The first-order valence-corrected chi connectivity index (χ1v) is 9.57. The van der Waals surface area contributed by atoms with E-state index in [4.69, 9.17) is 11.6 Å². The molecule has 5 nitrogen and oxygen atoms in total. The lowest BCUT2D eigenvalue weighted by atomic mass is 10.1. The molecule has 2 N–H and O–H groups in total. The number of aromatic nitrogens is 2. The standard InChI is InChI=1S/C18H16ClFN4OS/c19-13-7-11(5-6-14(13)20)23-16-12-8-15(26-18(12)22-9-21-16)24-17(25)10-3-1-2-4-10/h5-10H,1-4H2,(H,24,25)(H,21,22,23). The van der Waals surface area contributed by atoms with Crippen LogP contribution in [0.2, 0.25) is 5.02 Å². The number of carbonyl (C=O) groups excluding carboxylic acids is 1. The molecule has 1 saturated carbocycles. The molecule has 0 spiro atoms. The fourth-order valence-electron chi connectivity index (χ4n) is 3.14. The van der Waals surface area contributed by atoms with Crippen molar-refractivity contribution in [2.75, 3.05) is 10.6 Å². The lowest BCUT2D eigenvalue weighted by Crippen LogP contribution is -2.19. The summed E-state index contributed by atoms with van der Waals surface area (Å²) in [5, 5.41) is 7.70. The lowest BCUT2D eigenvalue weighted by molar-refractivity contribution is -0.119. The van der Waals surface area contributed by atoms with E-state index < -0.39 is 5.82 Å². The van der Waals surface area contributed by atoms with Crippen molar-refractivity contribution < 1.29 is 9.18 Å². The number of nitrogens with one attached hydrogen (secondary N) is 2. The van der Waals surface area contributed by atoms with Crippen molar-refractivity contribution in [1.29, 1.82) is 0 Å². The van der Waals surface area contributed by atoms with E-state index in [0.717, 1.165) is 40.9 Å². The molecule has 1 aliphatic rings. The highest BCUT2D eigenvalue weighted by Crippen LogP contribution is 2.34. The number of thiophene rings is 1. The zero-order valence-corrected chi connectivity index (χ0v) is 15.3. The summed E-state index contributed by atoms with van der Waals surface area (Å²) in [5.74, 6) is 0.278. The summed E-state index contributed by atoms with van der Waals surface area (Å²) in [4.78, 5) is 21.6. The number of hydrogen-bond acceptors (Lipinski definition) is 5. The van der Waals surface area contributed by atoms with Crippen molar-refractivity contribution in [3.05, 3.63) is 41.4 Å². The Labute approximate surface area is 158 Å². The maximum Gasteiger partial charge on any atom is 0.228 e. The molecule has 0 radical (unpaired) electrons. The number of rotatable bonds is 4. The highest BCUT2D eigenvalue weighted by atomic mass is 35.5. The molecule has 8 heteroatoms. The Hall–Kier alpha value is -2.25. The molecule has 1 fully saturated rings. The van der Waals surface area contributed by atoms with E-state index >= 15 is 0 Å². The minimum atomic E-state index is -0.475. The molecular formula is C18H16ClFN4OS. The van der Waals surface area contributed by atoms with E-state index in [2.05, 4.69) is 20.6 Å². The van der Waals surface area contributed by atoms with Gasteiger partial charge in [-0.3, -0.25) is 4.79 Å². The minimum absolute atomic E-state index is 0.0372. The van der Waals surface area contributed by atoms with Crippen LogP contribution in [0.15, 0.2) is 30.6 Å². The van der Waals surface area contributed by atoms with Gasteiger partial charge in [-0.1, -0.05) is 35.8 Å². The van der Waals surface area contributed by atoms with E-state index in [-0.39, 0.29) is 16.8 Å². The number of carbonyl (C=O) groups is 1. The number of benzene rings is 1. The molecular weight excluding hydrogens is 375 g/mol. The van der Waals surface area contributed by atoms with Gasteiger partial charge in [0.25, 0.3) is 0 Å². The molecule has 0 atom stereocenters. The first-order chi connectivity index (χ1) is 12.6. The van der Waals surface area contributed by atoms with Crippen LogP contribution in [0.5, 0.6) is 0 Å². The first kappa shape index (κ1) is 17.2. The molecule has 0 aliphatic heterocycles. The van der Waals surface area contributed by atoms with Gasteiger partial charge in [0.2, 0.25) is 5.91 Å². The molecule has 0 saturated heterocycles. The minimum Gasteiger partial charge on any atom is -0.340 e. The fourth-order valence-corrected chi connectivity index (χ4v) is 4.22. The highest BCUT2D eigenvalue weighted by Gasteiger charge is 2.23. The second kappa shape index (κ2) is 7.17. The monoisotopic (exact) mass is 390 g/mol. The molecule has 1 aliphatic carbocycles. The SMILES string of the molecule is O=C(Nc1cc2c(Nc3ccc(F)c(Cl)c3)ncnc2s1)C1CCCC1. The van der Waals surface area contributed by atoms with Crippen molar-refractivity contribution in [2.45, 2.75) is 25.7 Å². The van der Waals surface area contributed by atoms with E-state index in [9.17, 15) is 9.18 Å². The molecule has 3 aromatic rings. The van der Waals surface area contributed by atoms with Gasteiger partial charge in [0.1, 0.15) is 22.8 Å². The lowest BCUT2D eigenvalue weighted by Gasteiger charge is -2.08. The van der Waals surface area contributed by atoms with Gasteiger partial charge in [0.05, 0.1) is 15.4 Å². The van der Waals surface area contributed by atoms with Crippen LogP contribution in [0.1, 0.15) is 25.7 Å². The van der Waals surface area contributed by atoms with Crippen molar-refractivity contribution >= 4 is 55.6 Å². The average molecular weight is 391 g/mol. The summed E-state index contributed by atoms with van der Waals surface area (Å²) in [7, 11) is 0. The summed E-state index contributed by atoms with van der Waals surface area (Å²) in [5.41, 5.74) is 0.624. The Morgan fingerprint density at radius 1 is 1.23 bits per heavy atom.